The van der Waals surface area contributed by atoms with E-state index in [2.05, 4.69) is 20.9 Å². The molecule has 1 rings (SSSR count). The van der Waals surface area contributed by atoms with E-state index in [4.69, 9.17) is 0 Å². The van der Waals surface area contributed by atoms with Gasteiger partial charge in [0.15, 0.2) is 5.96 Å². The standard InChI is InChI=1S/C16H25FN4O.HI/c1-5-18-15(20-11-14(22)21-16(2,3)4)19-10-12-7-6-8-13(17)9-12;/h6-9H,5,10-11H2,1-4H3,(H,21,22)(H2,18,19,20);1H. The highest BCUT2D eigenvalue weighted by Gasteiger charge is 2.13. The zero-order valence-electron chi connectivity index (χ0n) is 14.1. The number of rotatable bonds is 5. The lowest BCUT2D eigenvalue weighted by molar-refractivity contribution is -0.121. The zero-order valence-corrected chi connectivity index (χ0v) is 16.4. The van der Waals surface area contributed by atoms with Gasteiger partial charge in [-0.15, -0.1) is 24.0 Å². The Bertz CT molecular complexity index is 529. The zero-order chi connectivity index (χ0) is 16.6. The van der Waals surface area contributed by atoms with Gasteiger partial charge in [-0.05, 0) is 45.4 Å². The van der Waals surface area contributed by atoms with Crippen LogP contribution in [0.2, 0.25) is 0 Å². The molecule has 0 atom stereocenters. The highest BCUT2D eigenvalue weighted by molar-refractivity contribution is 14.0. The van der Waals surface area contributed by atoms with E-state index >= 15 is 0 Å². The normalized spacial score (nSPS) is 11.4. The number of nitrogens with zero attached hydrogens (tertiary/aromatic N) is 1. The fourth-order valence-corrected chi connectivity index (χ4v) is 1.77. The molecule has 0 unspecified atom stereocenters. The Hall–Kier alpha value is -1.38. The third kappa shape index (κ3) is 10.1. The van der Waals surface area contributed by atoms with E-state index in [9.17, 15) is 9.18 Å². The highest BCUT2D eigenvalue weighted by atomic mass is 127. The third-order valence-corrected chi connectivity index (χ3v) is 2.58. The fourth-order valence-electron chi connectivity index (χ4n) is 1.77. The number of carbonyl (C=O) groups is 1. The van der Waals surface area contributed by atoms with E-state index in [0.717, 1.165) is 5.56 Å². The van der Waals surface area contributed by atoms with E-state index in [0.29, 0.717) is 19.0 Å². The van der Waals surface area contributed by atoms with Crippen LogP contribution >= 0.6 is 24.0 Å². The quantitative estimate of drug-likeness (QED) is 0.378. The van der Waals surface area contributed by atoms with Gasteiger partial charge in [0.25, 0.3) is 0 Å². The molecule has 0 heterocycles. The molecule has 5 nitrogen and oxygen atoms in total. The maximum Gasteiger partial charge on any atom is 0.239 e. The van der Waals surface area contributed by atoms with E-state index in [1.165, 1.54) is 12.1 Å². The van der Waals surface area contributed by atoms with Crippen LogP contribution in [0, 0.1) is 5.82 Å². The van der Waals surface area contributed by atoms with Crippen LogP contribution in [0.5, 0.6) is 0 Å². The highest BCUT2D eigenvalue weighted by Crippen LogP contribution is 2.04. The molecule has 0 radical (unpaired) electrons. The summed E-state index contributed by atoms with van der Waals surface area (Å²) >= 11 is 0. The Balaban J connectivity index is 0.00000484. The van der Waals surface area contributed by atoms with Crippen molar-refractivity contribution in [1.29, 1.82) is 0 Å². The molecule has 0 saturated carbocycles. The van der Waals surface area contributed by atoms with Gasteiger partial charge >= 0.3 is 0 Å². The Labute approximate surface area is 154 Å². The number of carbonyl (C=O) groups excluding carboxylic acids is 1. The van der Waals surface area contributed by atoms with Crippen LogP contribution in [-0.2, 0) is 11.3 Å². The van der Waals surface area contributed by atoms with Crippen LogP contribution in [0.1, 0.15) is 33.3 Å². The van der Waals surface area contributed by atoms with Gasteiger partial charge in [-0.3, -0.25) is 4.79 Å². The molecular weight excluding hydrogens is 410 g/mol. The Morgan fingerprint density at radius 3 is 2.52 bits per heavy atom. The van der Waals surface area contributed by atoms with Crippen molar-refractivity contribution in [2.45, 2.75) is 39.8 Å². The van der Waals surface area contributed by atoms with Crippen LogP contribution in [0.3, 0.4) is 0 Å². The average molecular weight is 436 g/mol. The molecule has 3 N–H and O–H groups in total. The number of benzene rings is 1. The number of amides is 1. The summed E-state index contributed by atoms with van der Waals surface area (Å²) in [5.41, 5.74) is 0.506. The van der Waals surface area contributed by atoms with Gasteiger partial charge in [-0.25, -0.2) is 9.38 Å². The lowest BCUT2D eigenvalue weighted by Crippen LogP contribution is -2.48. The molecular formula is C16H26FIN4O. The molecule has 0 aliphatic heterocycles. The molecule has 0 saturated heterocycles. The summed E-state index contributed by atoms with van der Waals surface area (Å²) in [7, 11) is 0. The number of guanidine groups is 1. The molecule has 7 heteroatoms. The molecule has 0 spiro atoms. The summed E-state index contributed by atoms with van der Waals surface area (Å²) in [4.78, 5) is 16.1. The smallest absolute Gasteiger partial charge is 0.239 e. The van der Waals surface area contributed by atoms with Gasteiger partial charge in [0.2, 0.25) is 5.91 Å². The monoisotopic (exact) mass is 436 g/mol. The lowest BCUT2D eigenvalue weighted by Gasteiger charge is -2.21. The first-order valence-corrected chi connectivity index (χ1v) is 7.38. The SMILES string of the molecule is CCNC(=NCc1cccc(F)c1)NCC(=O)NC(C)(C)C.I. The maximum atomic E-state index is 13.1. The largest absolute Gasteiger partial charge is 0.357 e. The number of halogens is 2. The summed E-state index contributed by atoms with van der Waals surface area (Å²) in [6.45, 7) is 8.86. The second kappa shape index (κ2) is 10.4. The Kier molecular flexibility index (Phi) is 9.78. The first kappa shape index (κ1) is 21.6. The van der Waals surface area contributed by atoms with E-state index in [1.807, 2.05) is 33.8 Å². The van der Waals surface area contributed by atoms with Crippen LogP contribution < -0.4 is 16.0 Å². The second-order valence-electron chi connectivity index (χ2n) is 5.98. The molecule has 0 aliphatic carbocycles. The van der Waals surface area contributed by atoms with E-state index in [-0.39, 0.29) is 47.8 Å². The average Bonchev–Trinajstić information content (AvgIpc) is 2.40. The summed E-state index contributed by atoms with van der Waals surface area (Å²) in [6, 6.07) is 6.30. The van der Waals surface area contributed by atoms with Gasteiger partial charge in [0.1, 0.15) is 5.82 Å². The summed E-state index contributed by atoms with van der Waals surface area (Å²) in [5, 5.41) is 8.88. The summed E-state index contributed by atoms with van der Waals surface area (Å²) in [5.74, 6) is 0.134. The number of hydrogen-bond acceptors (Lipinski definition) is 2. The summed E-state index contributed by atoms with van der Waals surface area (Å²) in [6.07, 6.45) is 0. The Morgan fingerprint density at radius 1 is 1.26 bits per heavy atom. The predicted molar refractivity (Wildman–Crippen MR) is 103 cm³/mol. The number of hydrogen-bond donors (Lipinski definition) is 3. The second-order valence-corrected chi connectivity index (χ2v) is 5.98. The number of aliphatic imine (C=N–C) groups is 1. The molecule has 0 bridgehead atoms. The lowest BCUT2D eigenvalue weighted by atomic mass is 10.1. The molecule has 0 fully saturated rings. The molecule has 0 aromatic heterocycles. The van der Waals surface area contributed by atoms with Gasteiger partial charge in [0.05, 0.1) is 13.1 Å². The van der Waals surface area contributed by atoms with Crippen LogP contribution in [-0.4, -0.2) is 30.5 Å². The third-order valence-electron chi connectivity index (χ3n) is 2.58. The van der Waals surface area contributed by atoms with Crippen molar-refractivity contribution in [2.24, 2.45) is 4.99 Å². The molecule has 0 aliphatic rings. The molecule has 23 heavy (non-hydrogen) atoms. The van der Waals surface area contributed by atoms with Gasteiger partial charge in [-0.2, -0.15) is 0 Å². The minimum absolute atomic E-state index is 0. The van der Waals surface area contributed by atoms with E-state index < -0.39 is 0 Å². The van der Waals surface area contributed by atoms with Crippen LogP contribution in [0.25, 0.3) is 0 Å². The van der Waals surface area contributed by atoms with E-state index in [1.54, 1.807) is 6.07 Å². The van der Waals surface area contributed by atoms with Crippen molar-refractivity contribution in [3.8, 4) is 0 Å². The first-order valence-electron chi connectivity index (χ1n) is 7.38. The predicted octanol–water partition coefficient (Wildman–Crippen LogP) is 2.41. The van der Waals surface area contributed by atoms with Crippen molar-refractivity contribution >= 4 is 35.8 Å². The van der Waals surface area contributed by atoms with Crippen molar-refractivity contribution in [2.75, 3.05) is 13.1 Å². The van der Waals surface area contributed by atoms with Crippen LogP contribution in [0.4, 0.5) is 4.39 Å². The molecule has 1 aromatic carbocycles. The van der Waals surface area contributed by atoms with Gasteiger partial charge < -0.3 is 16.0 Å². The minimum atomic E-state index is -0.282. The molecule has 1 amide bonds. The van der Waals surface area contributed by atoms with Gasteiger partial charge in [-0.1, -0.05) is 12.1 Å². The Morgan fingerprint density at radius 2 is 1.96 bits per heavy atom. The van der Waals surface area contributed by atoms with Crippen molar-refractivity contribution in [3.63, 3.8) is 0 Å². The van der Waals surface area contributed by atoms with Crippen molar-refractivity contribution in [1.82, 2.24) is 16.0 Å². The minimum Gasteiger partial charge on any atom is -0.357 e. The first-order chi connectivity index (χ1) is 10.3. The number of nitrogens with one attached hydrogen (secondary N) is 3. The van der Waals surface area contributed by atoms with Crippen LogP contribution in [0.15, 0.2) is 29.3 Å². The molecule has 130 valence electrons. The fraction of sp³-hybridized carbons (Fsp3) is 0.500. The van der Waals surface area contributed by atoms with Gasteiger partial charge in [0, 0.05) is 12.1 Å². The molecule has 1 aromatic rings. The topological polar surface area (TPSA) is 65.5 Å². The van der Waals surface area contributed by atoms with Crippen molar-refractivity contribution in [3.05, 3.63) is 35.6 Å². The maximum absolute atomic E-state index is 13.1. The van der Waals surface area contributed by atoms with Crippen molar-refractivity contribution < 1.29 is 9.18 Å². The summed E-state index contributed by atoms with van der Waals surface area (Å²) < 4.78 is 13.1.